The van der Waals surface area contributed by atoms with Gasteiger partial charge in [-0.1, -0.05) is 20.3 Å². The van der Waals surface area contributed by atoms with Crippen molar-refractivity contribution in [3.63, 3.8) is 0 Å². The normalized spacial score (nSPS) is 12.4. The summed E-state index contributed by atoms with van der Waals surface area (Å²) in [6, 6.07) is 2.04. The molecule has 1 aromatic heterocycles. The number of aryl methyl sites for hydroxylation is 1. The summed E-state index contributed by atoms with van der Waals surface area (Å²) >= 11 is 0. The van der Waals surface area contributed by atoms with Crippen molar-refractivity contribution in [3.05, 3.63) is 23.5 Å². The maximum absolute atomic E-state index is 6.02. The van der Waals surface area contributed by atoms with Crippen LogP contribution in [0.5, 0.6) is 5.75 Å². The van der Waals surface area contributed by atoms with Crippen LogP contribution in [0.15, 0.2) is 12.3 Å². The fraction of sp³-hybridized carbons (Fsp3) is 0.667. The lowest BCUT2D eigenvalue weighted by molar-refractivity contribution is 0.207. The minimum atomic E-state index is 0.265. The summed E-state index contributed by atoms with van der Waals surface area (Å²) in [5.41, 5.74) is 2.16. The van der Waals surface area contributed by atoms with Gasteiger partial charge in [-0.2, -0.15) is 0 Å². The second-order valence-electron chi connectivity index (χ2n) is 4.83. The maximum Gasteiger partial charge on any atom is 0.127 e. The third-order valence-electron chi connectivity index (χ3n) is 2.85. The Kier molecular flexibility index (Phi) is 6.73. The molecule has 0 spiro atoms. The van der Waals surface area contributed by atoms with Crippen molar-refractivity contribution in [1.29, 1.82) is 0 Å². The number of pyridine rings is 1. The van der Waals surface area contributed by atoms with E-state index in [0.717, 1.165) is 49.4 Å². The van der Waals surface area contributed by atoms with Gasteiger partial charge in [-0.05, 0) is 33.2 Å². The van der Waals surface area contributed by atoms with Crippen molar-refractivity contribution in [2.45, 2.75) is 59.6 Å². The molecule has 0 aliphatic heterocycles. The van der Waals surface area contributed by atoms with Gasteiger partial charge in [0.2, 0.25) is 0 Å². The summed E-state index contributed by atoms with van der Waals surface area (Å²) in [6.07, 6.45) is 5.56. The molecule has 1 N–H and O–H groups in total. The summed E-state index contributed by atoms with van der Waals surface area (Å²) in [4.78, 5) is 4.35. The van der Waals surface area contributed by atoms with Crippen molar-refractivity contribution in [2.75, 3.05) is 6.54 Å². The fourth-order valence-electron chi connectivity index (χ4n) is 1.89. The van der Waals surface area contributed by atoms with Crippen LogP contribution in [0.2, 0.25) is 0 Å². The molecule has 18 heavy (non-hydrogen) atoms. The molecule has 102 valence electrons. The van der Waals surface area contributed by atoms with Crippen molar-refractivity contribution >= 4 is 0 Å². The van der Waals surface area contributed by atoms with Gasteiger partial charge in [0.25, 0.3) is 0 Å². The summed E-state index contributed by atoms with van der Waals surface area (Å²) in [7, 11) is 0. The van der Waals surface area contributed by atoms with Crippen LogP contribution < -0.4 is 10.1 Å². The van der Waals surface area contributed by atoms with Gasteiger partial charge in [0.1, 0.15) is 5.75 Å². The van der Waals surface area contributed by atoms with E-state index in [9.17, 15) is 0 Å². The first-order valence-electron chi connectivity index (χ1n) is 7.00. The number of hydrogen-bond donors (Lipinski definition) is 1. The molecule has 1 atom stereocenters. The standard InChI is InChI=1S/C15H26N2O/c1-5-7-13(4)18-15-9-12(3)17-11-14(15)10-16-8-6-2/h9,11,13,16H,5-8,10H2,1-4H3. The average Bonchev–Trinajstić information content (AvgIpc) is 2.32. The van der Waals surface area contributed by atoms with E-state index in [0.29, 0.717) is 0 Å². The minimum absolute atomic E-state index is 0.265. The predicted molar refractivity (Wildman–Crippen MR) is 76.0 cm³/mol. The number of nitrogens with zero attached hydrogens (tertiary/aromatic N) is 1. The molecule has 1 aromatic rings. The highest BCUT2D eigenvalue weighted by Gasteiger charge is 2.08. The molecular formula is C15H26N2O. The highest BCUT2D eigenvalue weighted by atomic mass is 16.5. The monoisotopic (exact) mass is 250 g/mol. The molecule has 0 saturated heterocycles. The SMILES string of the molecule is CCCNCc1cnc(C)cc1OC(C)CCC. The number of hydrogen-bond acceptors (Lipinski definition) is 3. The van der Waals surface area contributed by atoms with Crippen LogP contribution in [0.3, 0.4) is 0 Å². The maximum atomic E-state index is 6.02. The van der Waals surface area contributed by atoms with Crippen molar-refractivity contribution in [3.8, 4) is 5.75 Å². The Hall–Kier alpha value is -1.09. The summed E-state index contributed by atoms with van der Waals surface area (Å²) < 4.78 is 6.02. The van der Waals surface area contributed by atoms with E-state index in [1.807, 2.05) is 19.2 Å². The molecule has 1 rings (SSSR count). The Bertz CT molecular complexity index is 352. The number of ether oxygens (including phenoxy) is 1. The zero-order valence-electron chi connectivity index (χ0n) is 12.1. The van der Waals surface area contributed by atoms with Crippen LogP contribution in [-0.2, 0) is 6.54 Å². The average molecular weight is 250 g/mol. The van der Waals surface area contributed by atoms with E-state index >= 15 is 0 Å². The van der Waals surface area contributed by atoms with Crippen LogP contribution in [0, 0.1) is 6.92 Å². The highest BCUT2D eigenvalue weighted by molar-refractivity contribution is 5.33. The molecule has 0 aliphatic rings. The third-order valence-corrected chi connectivity index (χ3v) is 2.85. The van der Waals surface area contributed by atoms with Gasteiger partial charge in [-0.25, -0.2) is 0 Å². The Morgan fingerprint density at radius 2 is 2.11 bits per heavy atom. The molecule has 1 unspecified atom stereocenters. The lowest BCUT2D eigenvalue weighted by Crippen LogP contribution is -2.17. The first-order chi connectivity index (χ1) is 8.67. The predicted octanol–water partition coefficient (Wildman–Crippen LogP) is 3.46. The number of nitrogens with one attached hydrogen (secondary N) is 1. The van der Waals surface area contributed by atoms with E-state index in [2.05, 4.69) is 31.1 Å². The third kappa shape index (κ3) is 5.05. The quantitative estimate of drug-likeness (QED) is 0.717. The van der Waals surface area contributed by atoms with Crippen LogP contribution in [0.1, 0.15) is 51.3 Å². The van der Waals surface area contributed by atoms with E-state index in [1.165, 1.54) is 0 Å². The van der Waals surface area contributed by atoms with E-state index < -0.39 is 0 Å². The van der Waals surface area contributed by atoms with Crippen LogP contribution in [0.4, 0.5) is 0 Å². The second-order valence-corrected chi connectivity index (χ2v) is 4.83. The molecule has 3 heteroatoms. The van der Waals surface area contributed by atoms with Gasteiger partial charge in [-0.3, -0.25) is 4.98 Å². The van der Waals surface area contributed by atoms with Crippen molar-refractivity contribution in [1.82, 2.24) is 10.3 Å². The topological polar surface area (TPSA) is 34.2 Å². The van der Waals surface area contributed by atoms with Gasteiger partial charge in [0.05, 0.1) is 6.10 Å². The van der Waals surface area contributed by atoms with Crippen LogP contribution >= 0.6 is 0 Å². The molecular weight excluding hydrogens is 224 g/mol. The van der Waals surface area contributed by atoms with Crippen LogP contribution in [-0.4, -0.2) is 17.6 Å². The molecule has 0 bridgehead atoms. The molecule has 0 amide bonds. The number of aromatic nitrogens is 1. The van der Waals surface area contributed by atoms with E-state index in [1.54, 1.807) is 0 Å². The van der Waals surface area contributed by atoms with Gasteiger partial charge in [0.15, 0.2) is 0 Å². The summed E-state index contributed by atoms with van der Waals surface area (Å²) in [5.74, 6) is 0.979. The lowest BCUT2D eigenvalue weighted by Gasteiger charge is -2.17. The molecule has 0 aromatic carbocycles. The molecule has 0 aliphatic carbocycles. The summed E-state index contributed by atoms with van der Waals surface area (Å²) in [5, 5.41) is 3.40. The van der Waals surface area contributed by atoms with Crippen molar-refractivity contribution < 1.29 is 4.74 Å². The van der Waals surface area contributed by atoms with Gasteiger partial charge in [0, 0.05) is 30.1 Å². The zero-order chi connectivity index (χ0) is 13.4. The van der Waals surface area contributed by atoms with Crippen molar-refractivity contribution in [2.24, 2.45) is 0 Å². The molecule has 1 heterocycles. The molecule has 3 nitrogen and oxygen atoms in total. The smallest absolute Gasteiger partial charge is 0.127 e. The Balaban J connectivity index is 2.69. The number of rotatable bonds is 8. The zero-order valence-corrected chi connectivity index (χ0v) is 12.1. The van der Waals surface area contributed by atoms with Crippen LogP contribution in [0.25, 0.3) is 0 Å². The van der Waals surface area contributed by atoms with E-state index in [4.69, 9.17) is 4.74 Å². The molecule has 0 saturated carbocycles. The van der Waals surface area contributed by atoms with Gasteiger partial charge in [-0.15, -0.1) is 0 Å². The fourth-order valence-corrected chi connectivity index (χ4v) is 1.89. The largest absolute Gasteiger partial charge is 0.490 e. The Morgan fingerprint density at radius 1 is 1.33 bits per heavy atom. The summed E-state index contributed by atoms with van der Waals surface area (Å²) in [6.45, 7) is 10.3. The highest BCUT2D eigenvalue weighted by Crippen LogP contribution is 2.21. The van der Waals surface area contributed by atoms with Gasteiger partial charge >= 0.3 is 0 Å². The molecule has 0 radical (unpaired) electrons. The second kappa shape index (κ2) is 8.09. The molecule has 0 fully saturated rings. The Labute approximate surface area is 111 Å². The minimum Gasteiger partial charge on any atom is -0.490 e. The lowest BCUT2D eigenvalue weighted by atomic mass is 10.2. The Morgan fingerprint density at radius 3 is 2.78 bits per heavy atom. The first-order valence-corrected chi connectivity index (χ1v) is 7.00. The van der Waals surface area contributed by atoms with Gasteiger partial charge < -0.3 is 10.1 Å². The first kappa shape index (κ1) is 15.0. The van der Waals surface area contributed by atoms with E-state index in [-0.39, 0.29) is 6.10 Å².